The predicted octanol–water partition coefficient (Wildman–Crippen LogP) is 11.7. The molecule has 5 aromatic rings. The fraction of sp³-hybridized carbons (Fsp3) is 0.485. The van der Waals surface area contributed by atoms with Crippen molar-refractivity contribution in [3.8, 4) is 5.75 Å². The smallest absolute Gasteiger partial charge is 0.496 e. The van der Waals surface area contributed by atoms with Crippen LogP contribution in [0.25, 0.3) is 0 Å². The molecule has 90 heavy (non-hydrogen) atoms. The minimum Gasteiger partial charge on any atom is -0.496 e. The number of esters is 2. The molecule has 0 spiro atoms. The van der Waals surface area contributed by atoms with E-state index >= 15 is 0 Å². The monoisotopic (exact) mass is 1430 g/mol. The Morgan fingerprint density at radius 1 is 0.556 bits per heavy atom. The van der Waals surface area contributed by atoms with E-state index in [2.05, 4.69) is 161 Å². The Balaban J connectivity index is 0. The van der Waals surface area contributed by atoms with Crippen LogP contribution in [0.15, 0.2) is 115 Å². The molecule has 0 bridgehead atoms. The molecule has 12 nitrogen and oxygen atoms in total. The van der Waals surface area contributed by atoms with Crippen molar-refractivity contribution in [3.05, 3.63) is 162 Å². The first-order valence-electron chi connectivity index (χ1n) is 28.8. The van der Waals surface area contributed by atoms with Gasteiger partial charge in [0.25, 0.3) is 0 Å². The van der Waals surface area contributed by atoms with E-state index in [1.807, 2.05) is 101 Å². The molecule has 0 aliphatic carbocycles. The number of ether oxygens (including phenoxy) is 3. The molecule has 0 aromatic heterocycles. The maximum Gasteiger partial charge on any atom is 1.00 e. The number of rotatable bonds is 24. The van der Waals surface area contributed by atoms with E-state index in [1.54, 1.807) is 43.5 Å². The SMILES string of the molecule is COc1cc(N(C)C)ccc1[C@H](CO)CCO[Si](C)(C)C(C)(C)C.Cc1cc(N(C)C)ccc1[C@@H](CC=O)COC(=O)c1ccccc1.Cc1cc(N(C)C)ccc1[C@@H](CCO[Si](C)(C)C(C)(C)C)COC(=O)c1ccccc1.S=S=S=S.S=S=S=S=S.[CH3-].[Li+]. The van der Waals surface area contributed by atoms with Crippen molar-refractivity contribution in [2.45, 2.75) is 129 Å². The third-order valence-electron chi connectivity index (χ3n) is 15.6. The Kier molecular flexibility index (Phi) is 45.4. The Morgan fingerprint density at radius 2 is 0.911 bits per heavy atom. The summed E-state index contributed by atoms with van der Waals surface area (Å²) in [5.41, 5.74) is 10.0. The van der Waals surface area contributed by atoms with Gasteiger partial charge >= 0.3 is 30.8 Å². The number of aliphatic hydroxyl groups is 1. The normalized spacial score (nSPS) is 11.8. The summed E-state index contributed by atoms with van der Waals surface area (Å²) in [6, 6.07) is 36.8. The molecule has 5 aromatic carbocycles. The molecule has 0 heterocycles. The molecule has 0 aliphatic rings. The van der Waals surface area contributed by atoms with Gasteiger partial charge in [-0.15, -0.1) is 0 Å². The molecule has 24 heteroatoms. The van der Waals surface area contributed by atoms with Gasteiger partial charge < -0.3 is 55.1 Å². The first-order chi connectivity index (χ1) is 41.3. The molecular formula is C66H100LiN3O9S9Si2. The number of hydrogen-bond acceptors (Lipinski definition) is 16. The first-order valence-corrected chi connectivity index (χ1v) is 44.0. The van der Waals surface area contributed by atoms with Crippen LogP contribution in [0, 0.1) is 21.3 Å². The molecule has 0 amide bonds. The molecule has 496 valence electrons. The molecule has 0 saturated carbocycles. The number of aldehydes is 1. The van der Waals surface area contributed by atoms with Crippen LogP contribution in [-0.4, -0.2) is 122 Å². The number of aryl methyl sites for hydroxylation is 2. The van der Waals surface area contributed by atoms with Crippen molar-refractivity contribution >= 4 is 141 Å². The summed E-state index contributed by atoms with van der Waals surface area (Å²) < 4.78 is 29.4. The fourth-order valence-electron chi connectivity index (χ4n) is 8.21. The molecule has 0 aliphatic heterocycles. The van der Waals surface area contributed by atoms with E-state index in [4.69, 9.17) is 23.1 Å². The van der Waals surface area contributed by atoms with Crippen molar-refractivity contribution in [2.75, 3.05) is 97.1 Å². The van der Waals surface area contributed by atoms with Crippen LogP contribution in [0.4, 0.5) is 17.1 Å². The van der Waals surface area contributed by atoms with Gasteiger partial charge in [0.05, 0.1) is 38.1 Å². The number of hydrogen-bond donors (Lipinski definition) is 1. The molecule has 3 atom stereocenters. The maximum atomic E-state index is 12.5. The van der Waals surface area contributed by atoms with Crippen LogP contribution >= 0.6 is 0 Å². The van der Waals surface area contributed by atoms with Crippen LogP contribution in [0.2, 0.25) is 36.3 Å². The van der Waals surface area contributed by atoms with Gasteiger partial charge in [0, 0.05) is 192 Å². The number of carbonyl (C=O) groups excluding carboxylic acids is 3. The van der Waals surface area contributed by atoms with Crippen LogP contribution in [-0.2, 0) is 112 Å². The second kappa shape index (κ2) is 46.0. The van der Waals surface area contributed by atoms with Gasteiger partial charge in [-0.3, -0.25) is 0 Å². The van der Waals surface area contributed by atoms with Gasteiger partial charge in [-0.05, 0) is 145 Å². The van der Waals surface area contributed by atoms with Crippen molar-refractivity contribution < 1.29 is 61.4 Å². The minimum absolute atomic E-state index is 0. The summed E-state index contributed by atoms with van der Waals surface area (Å²) >= 11 is 17.5. The summed E-state index contributed by atoms with van der Waals surface area (Å²) in [5, 5.41) is 10.2. The maximum absolute atomic E-state index is 12.5. The average Bonchev–Trinajstić information content (AvgIpc) is 2.28. The zero-order chi connectivity index (χ0) is 66.8. The summed E-state index contributed by atoms with van der Waals surface area (Å²) in [6.45, 7) is 28.6. The quantitative estimate of drug-likeness (QED) is 0.0272. The van der Waals surface area contributed by atoms with Crippen LogP contribution < -0.4 is 38.3 Å². The fourth-order valence-corrected chi connectivity index (χ4v) is 13.1. The average molecular weight is 1430 g/mol. The second-order valence-corrected chi connectivity index (χ2v) is 42.9. The van der Waals surface area contributed by atoms with Crippen LogP contribution in [0.1, 0.15) is 127 Å². The van der Waals surface area contributed by atoms with E-state index in [9.17, 15) is 19.5 Å². The largest absolute Gasteiger partial charge is 1.00 e. The van der Waals surface area contributed by atoms with E-state index in [1.165, 1.54) is 61.2 Å². The number of benzene rings is 5. The van der Waals surface area contributed by atoms with Crippen LogP contribution in [0.5, 0.6) is 5.75 Å². The molecule has 5 rings (SSSR count). The van der Waals surface area contributed by atoms with Crippen molar-refractivity contribution in [1.29, 1.82) is 0 Å². The van der Waals surface area contributed by atoms with Crippen molar-refractivity contribution in [2.24, 2.45) is 0 Å². The third kappa shape index (κ3) is 32.3. The van der Waals surface area contributed by atoms with E-state index in [0.717, 1.165) is 52.9 Å². The van der Waals surface area contributed by atoms with Gasteiger partial charge in [-0.2, -0.15) is 0 Å². The molecular weight excluding hydrogens is 1330 g/mol. The Morgan fingerprint density at radius 3 is 1.22 bits per heavy atom. The number of methoxy groups -OCH3 is 1. The summed E-state index contributed by atoms with van der Waals surface area (Å²) in [4.78, 5) is 41.8. The molecule has 1 N–H and O–H groups in total. The molecule has 0 unspecified atom stereocenters. The standard InChI is InChI=1S/C26H39NO3Si.C20H23NO3.C19H35NO3Si.CH3.Li.S5.S4/c1-20-18-23(27(5)6)14-15-24(20)22(16-17-30-31(7,8)26(2,3)4)19-29-25(28)21-12-10-9-11-13-21;1-15-13-18(21(2)3)9-10-19(15)17(11-12-22)14-24-20(23)16-7-5-4-6-8-16;1-19(2,3)24(7,8)23-12-11-15(14-21)17-10-9-16(20(4)5)13-18(17)22-6;;;1-3-5-4-2;1-3-4-2/h9-15,18,22H,16-17,19H2,1-8H3;4-10,12-13,17H,11,14H2,1-3H3;9-10,13,15,21H,11-12,14H2,1-8H3;1H3;;;/q;;;-1;+1;;/t22-;17-;15-;;;;/m000..../s1. The van der Waals surface area contributed by atoms with E-state index in [0.29, 0.717) is 37.4 Å². The molecule has 0 fully saturated rings. The summed E-state index contributed by atoms with van der Waals surface area (Å²) in [5.74, 6) is 0.168. The van der Waals surface area contributed by atoms with Crippen molar-refractivity contribution in [3.63, 3.8) is 0 Å². The summed E-state index contributed by atoms with van der Waals surface area (Å²) in [6.07, 6.45) is 2.81. The third-order valence-corrected chi connectivity index (χ3v) is 31.3. The second-order valence-electron chi connectivity index (χ2n) is 24.4. The van der Waals surface area contributed by atoms with Gasteiger partial charge in [0.1, 0.15) is 12.0 Å². The zero-order valence-electron chi connectivity index (χ0n) is 57.2. The molecule has 0 radical (unpaired) electrons. The zero-order valence-corrected chi connectivity index (χ0v) is 66.5. The minimum atomic E-state index is -1.82. The molecule has 0 saturated heterocycles. The van der Waals surface area contributed by atoms with Crippen molar-refractivity contribution in [1.82, 2.24) is 0 Å². The Labute approximate surface area is 590 Å². The number of carbonyl (C=O) groups is 3. The Bertz CT molecular complexity index is 3120. The van der Waals surface area contributed by atoms with Gasteiger partial charge in [-0.1, -0.05) is 96.1 Å². The van der Waals surface area contributed by atoms with Crippen LogP contribution in [0.3, 0.4) is 0 Å². The number of anilines is 3. The number of nitrogens with zero attached hydrogens (tertiary/aromatic N) is 3. The number of aliphatic hydroxyl groups excluding tert-OH is 1. The first kappa shape index (κ1) is 88.9. The van der Waals surface area contributed by atoms with E-state index < -0.39 is 16.6 Å². The topological polar surface area (TPSA) is 127 Å². The Hall–Kier alpha value is -3.20. The van der Waals surface area contributed by atoms with Gasteiger partial charge in [-0.25, -0.2) is 9.59 Å². The van der Waals surface area contributed by atoms with Gasteiger partial charge in [0.15, 0.2) is 16.6 Å². The van der Waals surface area contributed by atoms with E-state index in [-0.39, 0.29) is 79.3 Å². The van der Waals surface area contributed by atoms with Gasteiger partial charge in [0.2, 0.25) is 0 Å². The summed E-state index contributed by atoms with van der Waals surface area (Å²) in [7, 11) is 16.5. The predicted molar refractivity (Wildman–Crippen MR) is 406 cm³/mol.